The van der Waals surface area contributed by atoms with Crippen molar-refractivity contribution in [3.8, 4) is 0 Å². The number of carbonyl (C=O) groups excluding carboxylic acids is 2. The summed E-state index contributed by atoms with van der Waals surface area (Å²) in [4.78, 5) is 24.5. The molecule has 0 aliphatic heterocycles. The van der Waals surface area contributed by atoms with Crippen LogP contribution in [0.2, 0.25) is 0 Å². The Morgan fingerprint density at radius 2 is 1.89 bits per heavy atom. The number of rotatable bonds is 5. The number of amides is 2. The van der Waals surface area contributed by atoms with Crippen LogP contribution in [0.5, 0.6) is 0 Å². The van der Waals surface area contributed by atoms with E-state index in [9.17, 15) is 9.59 Å². The van der Waals surface area contributed by atoms with Crippen LogP contribution in [0.1, 0.15) is 59.4 Å². The first kappa shape index (κ1) is 21.7. The van der Waals surface area contributed by atoms with E-state index in [1.807, 2.05) is 32.9 Å². The van der Waals surface area contributed by atoms with Gasteiger partial charge in [-0.15, -0.1) is 0 Å². The molecule has 1 aliphatic carbocycles. The van der Waals surface area contributed by atoms with Crippen LogP contribution in [-0.4, -0.2) is 30.2 Å². The van der Waals surface area contributed by atoms with Crippen molar-refractivity contribution in [2.45, 2.75) is 70.9 Å². The molecule has 0 unspecified atom stereocenters. The molecule has 1 aromatic carbocycles. The normalized spacial score (nSPS) is 20.2. The van der Waals surface area contributed by atoms with E-state index < -0.39 is 11.7 Å². The molecule has 2 N–H and O–H groups in total. The van der Waals surface area contributed by atoms with Crippen LogP contribution < -0.4 is 10.6 Å². The van der Waals surface area contributed by atoms with Gasteiger partial charge in [-0.3, -0.25) is 4.79 Å². The lowest BCUT2D eigenvalue weighted by molar-refractivity contribution is -0.125. The minimum atomic E-state index is -0.516. The molecule has 2 amide bonds. The third-order valence-electron chi connectivity index (χ3n) is 4.83. The van der Waals surface area contributed by atoms with Crippen molar-refractivity contribution in [1.82, 2.24) is 10.6 Å². The summed E-state index contributed by atoms with van der Waals surface area (Å²) in [6.45, 7) is 10.3. The zero-order valence-corrected chi connectivity index (χ0v) is 18.5. The molecule has 1 saturated carbocycles. The number of hydrogen-bond donors (Lipinski definition) is 2. The minimum Gasteiger partial charge on any atom is -0.444 e. The Kier molecular flexibility index (Phi) is 6.95. The van der Waals surface area contributed by atoms with E-state index in [0.717, 1.165) is 17.3 Å². The highest BCUT2D eigenvalue weighted by Gasteiger charge is 2.32. The molecule has 150 valence electrons. The second kappa shape index (κ2) is 8.63. The third kappa shape index (κ3) is 6.83. The molecule has 0 spiro atoms. The first-order chi connectivity index (χ1) is 12.5. The quantitative estimate of drug-likeness (QED) is 0.708. The average Bonchev–Trinajstić information content (AvgIpc) is 2.99. The van der Waals surface area contributed by atoms with E-state index in [4.69, 9.17) is 4.74 Å². The standard InChI is InChI=1S/C21H31BrN2O3/c1-20(2,3)27-19(26)24-17-10-9-14(11-17)18(25)23-13-21(4,5)15-7-6-8-16(22)12-15/h6-8,12,14,17H,9-11,13H2,1-5H3,(H,23,25)(H,24,26)/t14-,17+/m1/s1. The Hall–Kier alpha value is -1.56. The van der Waals surface area contributed by atoms with Gasteiger partial charge in [0, 0.05) is 28.4 Å². The number of benzene rings is 1. The molecular formula is C21H31BrN2O3. The Morgan fingerprint density at radius 1 is 1.19 bits per heavy atom. The van der Waals surface area contributed by atoms with Crippen LogP contribution in [0.4, 0.5) is 4.79 Å². The van der Waals surface area contributed by atoms with E-state index in [-0.39, 0.29) is 23.3 Å². The summed E-state index contributed by atoms with van der Waals surface area (Å²) in [5.41, 5.74) is 0.497. The summed E-state index contributed by atoms with van der Waals surface area (Å²) in [5.74, 6) is -0.00481. The SMILES string of the molecule is CC(C)(C)OC(=O)N[C@H]1CC[C@@H](C(=O)NCC(C)(C)c2cccc(Br)c2)C1. The number of ether oxygens (including phenoxy) is 1. The fourth-order valence-electron chi connectivity index (χ4n) is 3.29. The summed E-state index contributed by atoms with van der Waals surface area (Å²) in [6.07, 6.45) is 1.82. The minimum absolute atomic E-state index is 0.00584. The smallest absolute Gasteiger partial charge is 0.407 e. The van der Waals surface area contributed by atoms with E-state index in [1.54, 1.807) is 0 Å². The number of carbonyl (C=O) groups is 2. The van der Waals surface area contributed by atoms with Gasteiger partial charge in [0.2, 0.25) is 5.91 Å². The summed E-state index contributed by atoms with van der Waals surface area (Å²) in [5, 5.41) is 5.98. The zero-order valence-electron chi connectivity index (χ0n) is 16.9. The number of hydrogen-bond acceptors (Lipinski definition) is 3. The molecule has 1 fully saturated rings. The van der Waals surface area contributed by atoms with Gasteiger partial charge in [-0.2, -0.15) is 0 Å². The van der Waals surface area contributed by atoms with Crippen LogP contribution in [-0.2, 0) is 14.9 Å². The maximum absolute atomic E-state index is 12.6. The second-order valence-corrected chi connectivity index (χ2v) is 9.88. The largest absolute Gasteiger partial charge is 0.444 e. The van der Waals surface area contributed by atoms with Crippen LogP contribution in [0.15, 0.2) is 28.7 Å². The average molecular weight is 439 g/mol. The maximum atomic E-state index is 12.6. The van der Waals surface area contributed by atoms with Gasteiger partial charge in [-0.05, 0) is 57.7 Å². The van der Waals surface area contributed by atoms with Gasteiger partial charge in [0.1, 0.15) is 5.60 Å². The lowest BCUT2D eigenvalue weighted by Gasteiger charge is -2.26. The van der Waals surface area contributed by atoms with Gasteiger partial charge in [0.05, 0.1) is 0 Å². The van der Waals surface area contributed by atoms with Crippen molar-refractivity contribution < 1.29 is 14.3 Å². The van der Waals surface area contributed by atoms with Crippen LogP contribution >= 0.6 is 15.9 Å². The van der Waals surface area contributed by atoms with Crippen molar-refractivity contribution in [3.63, 3.8) is 0 Å². The lowest BCUT2D eigenvalue weighted by atomic mass is 9.84. The molecule has 0 heterocycles. The van der Waals surface area contributed by atoms with Crippen molar-refractivity contribution in [1.29, 1.82) is 0 Å². The number of halogens is 1. The predicted molar refractivity (Wildman–Crippen MR) is 111 cm³/mol. The van der Waals surface area contributed by atoms with Gasteiger partial charge in [-0.1, -0.05) is 41.9 Å². The Labute approximate surface area is 170 Å². The highest BCUT2D eigenvalue weighted by Crippen LogP contribution is 2.28. The van der Waals surface area contributed by atoms with Gasteiger partial charge in [0.25, 0.3) is 0 Å². The van der Waals surface area contributed by atoms with Gasteiger partial charge >= 0.3 is 6.09 Å². The highest BCUT2D eigenvalue weighted by molar-refractivity contribution is 9.10. The molecule has 0 aromatic heterocycles. The molecule has 1 aliphatic rings. The Morgan fingerprint density at radius 3 is 2.52 bits per heavy atom. The fraction of sp³-hybridized carbons (Fsp3) is 0.619. The van der Waals surface area contributed by atoms with Gasteiger partial charge in [-0.25, -0.2) is 4.79 Å². The molecule has 2 rings (SSSR count). The third-order valence-corrected chi connectivity index (χ3v) is 5.33. The lowest BCUT2D eigenvalue weighted by Crippen LogP contribution is -2.40. The Balaban J connectivity index is 1.82. The first-order valence-corrected chi connectivity index (χ1v) is 10.3. The van der Waals surface area contributed by atoms with Crippen molar-refractivity contribution >= 4 is 27.9 Å². The molecule has 0 radical (unpaired) electrons. The highest BCUT2D eigenvalue weighted by atomic mass is 79.9. The van der Waals surface area contributed by atoms with Crippen molar-refractivity contribution in [2.24, 2.45) is 5.92 Å². The molecule has 0 bridgehead atoms. The molecule has 6 heteroatoms. The summed E-state index contributed by atoms with van der Waals surface area (Å²) in [6, 6.07) is 8.16. The predicted octanol–water partition coefficient (Wildman–Crippen LogP) is 4.54. The second-order valence-electron chi connectivity index (χ2n) is 8.97. The first-order valence-electron chi connectivity index (χ1n) is 9.49. The molecular weight excluding hydrogens is 408 g/mol. The summed E-state index contributed by atoms with van der Waals surface area (Å²) >= 11 is 3.50. The van der Waals surface area contributed by atoms with E-state index in [2.05, 4.69) is 52.5 Å². The Bertz CT molecular complexity index is 682. The van der Waals surface area contributed by atoms with E-state index >= 15 is 0 Å². The van der Waals surface area contributed by atoms with Crippen molar-refractivity contribution in [3.05, 3.63) is 34.3 Å². The van der Waals surface area contributed by atoms with Crippen LogP contribution in [0, 0.1) is 5.92 Å². The number of nitrogens with one attached hydrogen (secondary N) is 2. The maximum Gasteiger partial charge on any atom is 0.407 e. The van der Waals surface area contributed by atoms with Gasteiger partial charge < -0.3 is 15.4 Å². The molecule has 5 nitrogen and oxygen atoms in total. The monoisotopic (exact) mass is 438 g/mol. The van der Waals surface area contributed by atoms with Crippen LogP contribution in [0.25, 0.3) is 0 Å². The van der Waals surface area contributed by atoms with Gasteiger partial charge in [0.15, 0.2) is 0 Å². The molecule has 2 atom stereocenters. The summed E-state index contributed by atoms with van der Waals surface area (Å²) in [7, 11) is 0. The summed E-state index contributed by atoms with van der Waals surface area (Å²) < 4.78 is 6.33. The fourth-order valence-corrected chi connectivity index (χ4v) is 3.69. The number of alkyl carbamates (subject to hydrolysis) is 1. The van der Waals surface area contributed by atoms with Crippen molar-refractivity contribution in [2.75, 3.05) is 6.54 Å². The topological polar surface area (TPSA) is 67.4 Å². The zero-order chi connectivity index (χ0) is 20.2. The van der Waals surface area contributed by atoms with E-state index in [0.29, 0.717) is 13.0 Å². The van der Waals surface area contributed by atoms with Crippen LogP contribution in [0.3, 0.4) is 0 Å². The molecule has 27 heavy (non-hydrogen) atoms. The van der Waals surface area contributed by atoms with E-state index in [1.165, 1.54) is 5.56 Å². The molecule has 0 saturated heterocycles. The molecule has 1 aromatic rings.